The SMILES string of the molecule is O=[P+]1OCC[C@@H](c2cc(C(F)(F)F)cc(C(F)(F)F)c2)O1. The number of hydrogen-bond acceptors (Lipinski definition) is 3. The number of rotatable bonds is 1. The first kappa shape index (κ1) is 16.2. The Hall–Kier alpha value is -1.18. The van der Waals surface area contributed by atoms with Crippen LogP contribution < -0.4 is 0 Å². The molecular weight excluding hydrogens is 325 g/mol. The van der Waals surface area contributed by atoms with Gasteiger partial charge in [0.05, 0.1) is 11.1 Å². The molecule has 1 aromatic carbocycles. The van der Waals surface area contributed by atoms with E-state index in [1.807, 2.05) is 0 Å². The van der Waals surface area contributed by atoms with E-state index in [4.69, 9.17) is 4.52 Å². The molecule has 0 aliphatic carbocycles. The molecule has 3 nitrogen and oxygen atoms in total. The molecule has 0 amide bonds. The Balaban J connectivity index is 2.47. The third kappa shape index (κ3) is 3.93. The molecule has 0 radical (unpaired) electrons. The summed E-state index contributed by atoms with van der Waals surface area (Å²) in [5, 5.41) is 0. The maximum absolute atomic E-state index is 12.7. The summed E-state index contributed by atoms with van der Waals surface area (Å²) in [5.74, 6) is 0. The Bertz CT molecular complexity index is 522. The Morgan fingerprint density at radius 3 is 1.95 bits per heavy atom. The largest absolute Gasteiger partial charge is 0.698 e. The van der Waals surface area contributed by atoms with Crippen LogP contribution in [-0.4, -0.2) is 6.61 Å². The third-order valence-electron chi connectivity index (χ3n) is 2.77. The van der Waals surface area contributed by atoms with Gasteiger partial charge >= 0.3 is 20.6 Å². The maximum atomic E-state index is 12.7. The molecule has 21 heavy (non-hydrogen) atoms. The molecule has 2 rings (SSSR count). The van der Waals surface area contributed by atoms with E-state index in [1.165, 1.54) is 0 Å². The van der Waals surface area contributed by atoms with E-state index in [-0.39, 0.29) is 24.7 Å². The normalized spacial score (nSPS) is 22.4. The Kier molecular flexibility index (Phi) is 4.28. The van der Waals surface area contributed by atoms with Crippen molar-refractivity contribution in [3.8, 4) is 0 Å². The molecule has 1 fully saturated rings. The van der Waals surface area contributed by atoms with Gasteiger partial charge in [0.2, 0.25) is 0 Å². The minimum absolute atomic E-state index is 0.0136. The van der Waals surface area contributed by atoms with Crippen molar-refractivity contribution in [1.29, 1.82) is 0 Å². The second kappa shape index (κ2) is 5.55. The molecule has 1 aliphatic rings. The molecule has 0 aromatic heterocycles. The van der Waals surface area contributed by atoms with Crippen LogP contribution in [0.25, 0.3) is 0 Å². The standard InChI is InChI=1S/C11H8F6O3P/c12-10(13,14)7-3-6(4-8(5-7)11(15,16)17)9-1-2-19-21(18)20-9/h3-5,9H,1-2H2/q+1/t9-/m0/s1. The Morgan fingerprint density at radius 2 is 1.52 bits per heavy atom. The van der Waals surface area contributed by atoms with E-state index in [1.54, 1.807) is 0 Å². The predicted molar refractivity (Wildman–Crippen MR) is 58.4 cm³/mol. The summed E-state index contributed by atoms with van der Waals surface area (Å²) in [7, 11) is -2.54. The summed E-state index contributed by atoms with van der Waals surface area (Å²) in [6, 6.07) is 1.16. The van der Waals surface area contributed by atoms with Gasteiger partial charge in [-0.05, 0) is 23.8 Å². The van der Waals surface area contributed by atoms with Crippen molar-refractivity contribution in [2.45, 2.75) is 24.9 Å². The minimum Gasteiger partial charge on any atom is -0.166 e. The quantitative estimate of drug-likeness (QED) is 0.544. The van der Waals surface area contributed by atoms with Crippen LogP contribution in [0.2, 0.25) is 0 Å². The molecule has 1 saturated heterocycles. The van der Waals surface area contributed by atoms with Crippen molar-refractivity contribution in [2.24, 2.45) is 0 Å². The highest BCUT2D eigenvalue weighted by Gasteiger charge is 2.40. The van der Waals surface area contributed by atoms with Crippen LogP contribution in [0.3, 0.4) is 0 Å². The molecular formula is C11H8F6O3P+. The molecule has 0 saturated carbocycles. The topological polar surface area (TPSA) is 35.5 Å². The van der Waals surface area contributed by atoms with Crippen molar-refractivity contribution in [3.63, 3.8) is 0 Å². The summed E-state index contributed by atoms with van der Waals surface area (Å²) in [6.07, 6.45) is -11.0. The molecule has 1 aromatic rings. The Morgan fingerprint density at radius 1 is 1.00 bits per heavy atom. The van der Waals surface area contributed by atoms with E-state index in [2.05, 4.69) is 4.52 Å². The van der Waals surface area contributed by atoms with Gasteiger partial charge in [0, 0.05) is 11.0 Å². The molecule has 0 N–H and O–H groups in total. The highest BCUT2D eigenvalue weighted by Crippen LogP contribution is 2.43. The molecule has 0 bridgehead atoms. The number of hydrogen-bond donors (Lipinski definition) is 0. The summed E-state index contributed by atoms with van der Waals surface area (Å²) in [5.41, 5.74) is -3.20. The van der Waals surface area contributed by atoms with E-state index < -0.39 is 37.8 Å². The highest BCUT2D eigenvalue weighted by atomic mass is 31.1. The lowest BCUT2D eigenvalue weighted by molar-refractivity contribution is -0.143. The third-order valence-corrected chi connectivity index (χ3v) is 3.59. The van der Waals surface area contributed by atoms with Crippen molar-refractivity contribution < 1.29 is 40.0 Å². The van der Waals surface area contributed by atoms with Gasteiger partial charge < -0.3 is 0 Å². The second-order valence-electron chi connectivity index (χ2n) is 4.28. The fraction of sp³-hybridized carbons (Fsp3) is 0.455. The van der Waals surface area contributed by atoms with Crippen molar-refractivity contribution >= 4 is 8.25 Å². The van der Waals surface area contributed by atoms with Gasteiger partial charge in [0.15, 0.2) is 0 Å². The average Bonchev–Trinajstić information content (AvgIpc) is 2.36. The maximum Gasteiger partial charge on any atom is 0.698 e. The lowest BCUT2D eigenvalue weighted by Crippen LogP contribution is -2.15. The van der Waals surface area contributed by atoms with Crippen LogP contribution in [0.4, 0.5) is 26.3 Å². The van der Waals surface area contributed by atoms with Crippen molar-refractivity contribution in [3.05, 3.63) is 34.9 Å². The van der Waals surface area contributed by atoms with Gasteiger partial charge in [-0.3, -0.25) is 0 Å². The summed E-state index contributed by atoms with van der Waals surface area (Å²) in [6.45, 7) is -0.0720. The zero-order valence-corrected chi connectivity index (χ0v) is 11.1. The number of halogens is 6. The van der Waals surface area contributed by atoms with Crippen LogP contribution in [0.1, 0.15) is 29.2 Å². The Labute approximate surface area is 115 Å². The van der Waals surface area contributed by atoms with Crippen LogP contribution >= 0.6 is 8.25 Å². The zero-order chi connectivity index (χ0) is 15.8. The fourth-order valence-electron chi connectivity index (χ4n) is 1.81. The summed E-state index contributed by atoms with van der Waals surface area (Å²) >= 11 is 0. The van der Waals surface area contributed by atoms with Crippen molar-refractivity contribution in [2.75, 3.05) is 6.61 Å². The van der Waals surface area contributed by atoms with Gasteiger partial charge in [0.25, 0.3) is 0 Å². The first-order valence-electron chi connectivity index (χ1n) is 5.63. The first-order valence-corrected chi connectivity index (χ1v) is 6.73. The van der Waals surface area contributed by atoms with Gasteiger partial charge in [-0.25, -0.2) is 0 Å². The van der Waals surface area contributed by atoms with Crippen LogP contribution in [-0.2, 0) is 26.0 Å². The van der Waals surface area contributed by atoms with E-state index >= 15 is 0 Å². The predicted octanol–water partition coefficient (Wildman–Crippen LogP) is 4.86. The van der Waals surface area contributed by atoms with Crippen molar-refractivity contribution in [1.82, 2.24) is 0 Å². The van der Waals surface area contributed by atoms with Gasteiger partial charge in [0.1, 0.15) is 12.7 Å². The molecule has 0 spiro atoms. The smallest absolute Gasteiger partial charge is 0.166 e. The molecule has 116 valence electrons. The van der Waals surface area contributed by atoms with E-state index in [0.29, 0.717) is 12.1 Å². The lowest BCUT2D eigenvalue weighted by atomic mass is 9.99. The van der Waals surface area contributed by atoms with Gasteiger partial charge in [-0.15, -0.1) is 9.05 Å². The molecule has 1 aliphatic heterocycles. The highest BCUT2D eigenvalue weighted by molar-refractivity contribution is 7.33. The zero-order valence-electron chi connectivity index (χ0n) is 10.2. The van der Waals surface area contributed by atoms with E-state index in [0.717, 1.165) is 0 Å². The van der Waals surface area contributed by atoms with Crippen LogP contribution in [0, 0.1) is 0 Å². The molecule has 1 unspecified atom stereocenters. The first-order chi connectivity index (χ1) is 9.57. The molecule has 10 heteroatoms. The molecule has 1 heterocycles. The molecule has 2 atom stereocenters. The minimum atomic E-state index is -4.93. The number of alkyl halides is 6. The lowest BCUT2D eigenvalue weighted by Gasteiger charge is -2.18. The monoisotopic (exact) mass is 333 g/mol. The summed E-state index contributed by atoms with van der Waals surface area (Å²) < 4.78 is 96.5. The van der Waals surface area contributed by atoms with Crippen LogP contribution in [0.5, 0.6) is 0 Å². The van der Waals surface area contributed by atoms with E-state index in [9.17, 15) is 30.9 Å². The second-order valence-corrected chi connectivity index (χ2v) is 5.20. The number of benzene rings is 1. The van der Waals surface area contributed by atoms with Gasteiger partial charge in [-0.2, -0.15) is 26.3 Å². The van der Waals surface area contributed by atoms with Gasteiger partial charge in [-0.1, -0.05) is 0 Å². The summed E-state index contributed by atoms with van der Waals surface area (Å²) in [4.78, 5) is 0. The van der Waals surface area contributed by atoms with Crippen LogP contribution in [0.15, 0.2) is 18.2 Å². The fourth-order valence-corrected chi connectivity index (χ4v) is 2.56. The average molecular weight is 333 g/mol.